The van der Waals surface area contributed by atoms with Crippen LogP contribution in [0.15, 0.2) is 42.5 Å². The van der Waals surface area contributed by atoms with Gasteiger partial charge < -0.3 is 10.1 Å². The summed E-state index contributed by atoms with van der Waals surface area (Å²) in [6, 6.07) is 8.89. The SMILES string of the molecule is COc1ccc(F)cc1C(=O)NCc1ccc(-n2nc(C)cc2C)cc1C(F)(F)F. The molecule has 1 aromatic heterocycles. The molecule has 0 saturated heterocycles. The molecule has 0 radical (unpaired) electrons. The van der Waals surface area contributed by atoms with Gasteiger partial charge in [0, 0.05) is 12.2 Å². The van der Waals surface area contributed by atoms with Crippen LogP contribution in [0.3, 0.4) is 0 Å². The van der Waals surface area contributed by atoms with Crippen molar-refractivity contribution in [2.45, 2.75) is 26.6 Å². The van der Waals surface area contributed by atoms with Crippen LogP contribution in [-0.2, 0) is 12.7 Å². The molecule has 30 heavy (non-hydrogen) atoms. The maximum Gasteiger partial charge on any atom is 0.416 e. The number of rotatable bonds is 5. The summed E-state index contributed by atoms with van der Waals surface area (Å²) in [6.07, 6.45) is -4.64. The van der Waals surface area contributed by atoms with E-state index in [9.17, 15) is 22.4 Å². The molecular weight excluding hydrogens is 402 g/mol. The summed E-state index contributed by atoms with van der Waals surface area (Å²) in [7, 11) is 1.31. The molecule has 5 nitrogen and oxygen atoms in total. The number of nitrogens with zero attached hydrogens (tertiary/aromatic N) is 2. The van der Waals surface area contributed by atoms with Crippen molar-refractivity contribution in [2.75, 3.05) is 7.11 Å². The number of nitrogens with one attached hydrogen (secondary N) is 1. The Labute approximate surface area is 170 Å². The van der Waals surface area contributed by atoms with Crippen molar-refractivity contribution < 1.29 is 27.1 Å². The summed E-state index contributed by atoms with van der Waals surface area (Å²) in [5.74, 6) is -1.29. The smallest absolute Gasteiger partial charge is 0.416 e. The van der Waals surface area contributed by atoms with Crippen molar-refractivity contribution in [1.29, 1.82) is 0 Å². The second-order valence-corrected chi connectivity index (χ2v) is 6.71. The summed E-state index contributed by atoms with van der Waals surface area (Å²) in [4.78, 5) is 12.4. The average molecular weight is 421 g/mol. The normalized spacial score (nSPS) is 11.4. The van der Waals surface area contributed by atoms with Crippen LogP contribution >= 0.6 is 0 Å². The lowest BCUT2D eigenvalue weighted by Crippen LogP contribution is -2.25. The Morgan fingerprint density at radius 2 is 1.87 bits per heavy atom. The van der Waals surface area contributed by atoms with Gasteiger partial charge in [0.2, 0.25) is 0 Å². The molecule has 0 aliphatic rings. The second kappa shape index (κ2) is 8.17. The Kier molecular flexibility index (Phi) is 5.82. The number of hydrogen-bond acceptors (Lipinski definition) is 3. The first-order chi connectivity index (χ1) is 14.1. The van der Waals surface area contributed by atoms with Crippen LogP contribution in [0.25, 0.3) is 5.69 Å². The van der Waals surface area contributed by atoms with E-state index >= 15 is 0 Å². The van der Waals surface area contributed by atoms with Crippen LogP contribution in [0.5, 0.6) is 5.75 Å². The Morgan fingerprint density at radius 1 is 1.13 bits per heavy atom. The Hall–Kier alpha value is -3.36. The third kappa shape index (κ3) is 4.45. The van der Waals surface area contributed by atoms with Crippen molar-refractivity contribution in [2.24, 2.45) is 0 Å². The van der Waals surface area contributed by atoms with Gasteiger partial charge in [0.1, 0.15) is 11.6 Å². The predicted octanol–water partition coefficient (Wildman–Crippen LogP) is 4.59. The minimum atomic E-state index is -4.64. The van der Waals surface area contributed by atoms with Crippen molar-refractivity contribution in [3.63, 3.8) is 0 Å². The topological polar surface area (TPSA) is 56.1 Å². The van der Waals surface area contributed by atoms with Crippen molar-refractivity contribution in [3.05, 3.63) is 76.4 Å². The molecule has 0 unspecified atom stereocenters. The van der Waals surface area contributed by atoms with E-state index in [4.69, 9.17) is 4.74 Å². The van der Waals surface area contributed by atoms with Crippen LogP contribution in [0.4, 0.5) is 17.6 Å². The fraction of sp³-hybridized carbons (Fsp3) is 0.238. The number of amides is 1. The maximum absolute atomic E-state index is 13.7. The molecule has 0 fully saturated rings. The van der Waals surface area contributed by atoms with E-state index in [1.165, 1.54) is 30.0 Å². The molecule has 9 heteroatoms. The molecule has 158 valence electrons. The number of aryl methyl sites for hydroxylation is 2. The van der Waals surface area contributed by atoms with E-state index < -0.39 is 30.0 Å². The monoisotopic (exact) mass is 421 g/mol. The van der Waals surface area contributed by atoms with Gasteiger partial charge in [-0.3, -0.25) is 4.79 Å². The lowest BCUT2D eigenvalue weighted by atomic mass is 10.1. The first-order valence-electron chi connectivity index (χ1n) is 8.95. The molecule has 0 bridgehead atoms. The maximum atomic E-state index is 13.7. The molecule has 1 amide bonds. The number of ether oxygens (including phenoxy) is 1. The molecule has 3 aromatic rings. The van der Waals surface area contributed by atoms with Crippen LogP contribution < -0.4 is 10.1 Å². The first kappa shape index (κ1) is 21.4. The molecule has 0 atom stereocenters. The molecule has 1 N–H and O–H groups in total. The van der Waals surface area contributed by atoms with Crippen LogP contribution in [0.1, 0.15) is 32.9 Å². The van der Waals surface area contributed by atoms with Crippen molar-refractivity contribution in [3.8, 4) is 11.4 Å². The lowest BCUT2D eigenvalue weighted by molar-refractivity contribution is -0.138. The van der Waals surface area contributed by atoms with Crippen molar-refractivity contribution in [1.82, 2.24) is 15.1 Å². The van der Waals surface area contributed by atoms with Gasteiger partial charge in [-0.1, -0.05) is 6.07 Å². The summed E-state index contributed by atoms with van der Waals surface area (Å²) in [5, 5.41) is 6.60. The van der Waals surface area contributed by atoms with Gasteiger partial charge in [0.25, 0.3) is 5.91 Å². The Morgan fingerprint density at radius 3 is 2.47 bits per heavy atom. The average Bonchev–Trinajstić information content (AvgIpc) is 3.03. The molecule has 1 heterocycles. The van der Waals surface area contributed by atoms with E-state index in [1.54, 1.807) is 19.9 Å². The number of benzene rings is 2. The van der Waals surface area contributed by atoms with Gasteiger partial charge >= 0.3 is 6.18 Å². The first-order valence-corrected chi connectivity index (χ1v) is 8.95. The summed E-state index contributed by atoms with van der Waals surface area (Å²) in [6.45, 7) is 3.09. The van der Waals surface area contributed by atoms with Crippen LogP contribution in [-0.4, -0.2) is 22.8 Å². The van der Waals surface area contributed by atoms with Gasteiger partial charge in [-0.05, 0) is 55.8 Å². The molecular formula is C21H19F4N3O2. The third-order valence-electron chi connectivity index (χ3n) is 4.50. The molecule has 0 aliphatic carbocycles. The van der Waals surface area contributed by atoms with Gasteiger partial charge in [-0.25, -0.2) is 9.07 Å². The summed E-state index contributed by atoms with van der Waals surface area (Å²) in [5.41, 5.74) is 0.511. The Bertz CT molecular complexity index is 1090. The van der Waals surface area contributed by atoms with Gasteiger partial charge in [-0.2, -0.15) is 18.3 Å². The summed E-state index contributed by atoms with van der Waals surface area (Å²) < 4.78 is 60.9. The number of carbonyl (C=O) groups is 1. The van der Waals surface area contributed by atoms with E-state index in [-0.39, 0.29) is 22.6 Å². The van der Waals surface area contributed by atoms with Gasteiger partial charge in [-0.15, -0.1) is 0 Å². The minimum Gasteiger partial charge on any atom is -0.496 e. The quantitative estimate of drug-likeness (QED) is 0.614. The standard InChI is InChI=1S/C21H19F4N3O2/c1-12-8-13(2)28(27-12)16-6-4-14(18(10-16)21(23,24)25)11-26-20(29)17-9-15(22)5-7-19(17)30-3/h4-10H,11H2,1-3H3,(H,26,29). The molecule has 0 aliphatic heterocycles. The highest BCUT2D eigenvalue weighted by molar-refractivity contribution is 5.96. The number of methoxy groups -OCH3 is 1. The van der Waals surface area contributed by atoms with Crippen LogP contribution in [0.2, 0.25) is 0 Å². The van der Waals surface area contributed by atoms with E-state index in [1.807, 2.05) is 0 Å². The number of halogens is 4. The highest BCUT2D eigenvalue weighted by Gasteiger charge is 2.34. The fourth-order valence-corrected chi connectivity index (χ4v) is 3.13. The molecule has 0 spiro atoms. The highest BCUT2D eigenvalue weighted by atomic mass is 19.4. The number of carbonyl (C=O) groups excluding carboxylic acids is 1. The van der Waals surface area contributed by atoms with Crippen molar-refractivity contribution >= 4 is 5.91 Å². The highest BCUT2D eigenvalue weighted by Crippen LogP contribution is 2.34. The Balaban J connectivity index is 1.90. The van der Waals surface area contributed by atoms with Gasteiger partial charge in [0.15, 0.2) is 0 Å². The second-order valence-electron chi connectivity index (χ2n) is 6.71. The largest absolute Gasteiger partial charge is 0.496 e. The van der Waals surface area contributed by atoms with Crippen LogP contribution in [0, 0.1) is 19.7 Å². The zero-order chi connectivity index (χ0) is 22.1. The number of alkyl halides is 3. The zero-order valence-corrected chi connectivity index (χ0v) is 16.5. The molecule has 3 rings (SSSR count). The summed E-state index contributed by atoms with van der Waals surface area (Å²) >= 11 is 0. The molecule has 0 saturated carbocycles. The fourth-order valence-electron chi connectivity index (χ4n) is 3.13. The minimum absolute atomic E-state index is 0.106. The zero-order valence-electron chi connectivity index (χ0n) is 16.5. The molecule has 2 aromatic carbocycles. The number of aromatic nitrogens is 2. The van der Waals surface area contributed by atoms with E-state index in [2.05, 4.69) is 10.4 Å². The predicted molar refractivity (Wildman–Crippen MR) is 102 cm³/mol. The van der Waals surface area contributed by atoms with E-state index in [0.717, 1.165) is 18.2 Å². The number of hydrogen-bond donors (Lipinski definition) is 1. The van der Waals surface area contributed by atoms with Gasteiger partial charge in [0.05, 0.1) is 29.6 Å². The third-order valence-corrected chi connectivity index (χ3v) is 4.50. The lowest BCUT2D eigenvalue weighted by Gasteiger charge is -2.16. The van der Waals surface area contributed by atoms with E-state index in [0.29, 0.717) is 11.4 Å².